The highest BCUT2D eigenvalue weighted by atomic mass is 32.2. The van der Waals surface area contributed by atoms with Gasteiger partial charge in [-0.1, -0.05) is 53.7 Å². The van der Waals surface area contributed by atoms with E-state index in [1.807, 2.05) is 39.1 Å². The van der Waals surface area contributed by atoms with Gasteiger partial charge in [0.2, 0.25) is 20.1 Å². The first kappa shape index (κ1) is 31.7. The van der Waals surface area contributed by atoms with Crippen molar-refractivity contribution in [1.29, 1.82) is 0 Å². The van der Waals surface area contributed by atoms with Crippen LogP contribution in [-0.4, -0.2) is 61.5 Å². The van der Waals surface area contributed by atoms with Crippen molar-refractivity contribution < 1.29 is 23.2 Å². The van der Waals surface area contributed by atoms with Gasteiger partial charge in [-0.3, -0.25) is 14.4 Å². The van der Waals surface area contributed by atoms with Crippen LogP contribution in [0.2, 0.25) is 36.3 Å². The average molecular weight is 594 g/mol. The monoisotopic (exact) mass is 593 g/mol. The minimum absolute atomic E-state index is 0.0679. The molecule has 0 bridgehead atoms. The van der Waals surface area contributed by atoms with Crippen molar-refractivity contribution in [2.45, 2.75) is 120 Å². The summed E-state index contributed by atoms with van der Waals surface area (Å²) >= 11 is 1.51. The number of amides is 2. The highest BCUT2D eigenvalue weighted by molar-refractivity contribution is 8.01. The van der Waals surface area contributed by atoms with Gasteiger partial charge in [0.15, 0.2) is 0 Å². The van der Waals surface area contributed by atoms with Crippen LogP contribution >= 0.6 is 11.8 Å². The van der Waals surface area contributed by atoms with E-state index in [9.17, 15) is 14.4 Å². The summed E-state index contributed by atoms with van der Waals surface area (Å²) in [7, 11) is -4.35. The lowest BCUT2D eigenvalue weighted by Crippen LogP contribution is -2.71. The van der Waals surface area contributed by atoms with Gasteiger partial charge in [-0.15, -0.1) is 11.8 Å². The summed E-state index contributed by atoms with van der Waals surface area (Å²) < 4.78 is 11.8. The molecule has 0 spiro atoms. The third-order valence-electron chi connectivity index (χ3n) is 8.82. The van der Waals surface area contributed by atoms with Crippen molar-refractivity contribution in [1.82, 2.24) is 10.2 Å². The highest BCUT2D eigenvalue weighted by Gasteiger charge is 2.65. The van der Waals surface area contributed by atoms with Crippen LogP contribution in [0.1, 0.15) is 67.0 Å². The quantitative estimate of drug-likeness (QED) is 0.332. The molecular formula is C28H47N3O5SSi2. The molecule has 2 heterocycles. The average Bonchev–Trinajstić information content (AvgIpc) is 3.03. The van der Waals surface area contributed by atoms with Crippen molar-refractivity contribution in [3.8, 4) is 5.75 Å². The Kier molecular flexibility index (Phi) is 8.31. The Morgan fingerprint density at radius 1 is 1.00 bits per heavy atom. The predicted octanol–water partition coefficient (Wildman–Crippen LogP) is 5.17. The van der Waals surface area contributed by atoms with Crippen LogP contribution in [0.25, 0.3) is 0 Å². The van der Waals surface area contributed by atoms with Crippen LogP contribution in [0.5, 0.6) is 5.75 Å². The van der Waals surface area contributed by atoms with Crippen LogP contribution in [0.3, 0.4) is 0 Å². The maximum atomic E-state index is 13.3. The summed E-state index contributed by atoms with van der Waals surface area (Å²) in [6.07, 6.45) is 0. The standard InChI is InChI=1S/C28H47N3O5SSi2/c1-26(2,3)38(9,10)35-18-15-13-17(14-16-18)19(29)22(32)30-20-23(33)31-21(28(7,8)37-24(20)31)25(34)36-39(11,12)27(4,5)6/h13-16,19-21,24H,29H2,1-12H3,(H,30,32). The second-order valence-electron chi connectivity index (χ2n) is 14.3. The fraction of sp³-hybridized carbons (Fsp3) is 0.679. The minimum atomic E-state index is -2.36. The fourth-order valence-electron chi connectivity index (χ4n) is 4.17. The summed E-state index contributed by atoms with van der Waals surface area (Å²) in [6.45, 7) is 25.0. The predicted molar refractivity (Wildman–Crippen MR) is 163 cm³/mol. The first-order chi connectivity index (χ1) is 17.5. The second-order valence-corrected chi connectivity index (χ2v) is 25.6. The van der Waals surface area contributed by atoms with E-state index in [1.54, 1.807) is 17.0 Å². The van der Waals surface area contributed by atoms with Gasteiger partial charge in [0.05, 0.1) is 0 Å². The molecule has 2 fully saturated rings. The molecule has 3 N–H and O–H groups in total. The van der Waals surface area contributed by atoms with Gasteiger partial charge >= 0.3 is 5.97 Å². The van der Waals surface area contributed by atoms with E-state index in [2.05, 4.69) is 60.0 Å². The zero-order valence-corrected chi connectivity index (χ0v) is 28.4. The van der Waals surface area contributed by atoms with E-state index in [1.165, 1.54) is 11.8 Å². The summed E-state index contributed by atoms with van der Waals surface area (Å²) in [5.74, 6) is -0.329. The van der Waals surface area contributed by atoms with Crippen molar-refractivity contribution in [2.75, 3.05) is 0 Å². The molecule has 0 aromatic heterocycles. The summed E-state index contributed by atoms with van der Waals surface area (Å²) in [5, 5.41) is 2.42. The molecule has 3 rings (SSSR count). The Bertz CT molecular complexity index is 1130. The summed E-state index contributed by atoms with van der Waals surface area (Å²) in [6, 6.07) is 4.89. The number of rotatable bonds is 7. The van der Waals surface area contributed by atoms with E-state index in [0.717, 1.165) is 5.75 Å². The molecule has 39 heavy (non-hydrogen) atoms. The molecule has 2 amide bonds. The molecule has 1 aromatic carbocycles. The molecule has 4 atom stereocenters. The number of carbonyl (C=O) groups excluding carboxylic acids is 3. The number of fused-ring (bicyclic) bond motifs is 1. The summed E-state index contributed by atoms with van der Waals surface area (Å²) in [4.78, 5) is 41.2. The van der Waals surface area contributed by atoms with Gasteiger partial charge in [0, 0.05) is 4.75 Å². The van der Waals surface area contributed by atoms with Crippen LogP contribution < -0.4 is 15.5 Å². The van der Waals surface area contributed by atoms with Crippen molar-refractivity contribution in [3.63, 3.8) is 0 Å². The van der Waals surface area contributed by atoms with E-state index in [-0.39, 0.29) is 27.3 Å². The first-order valence-electron chi connectivity index (χ1n) is 13.6. The Hall–Kier alpha value is -1.83. The number of nitrogens with zero attached hydrogens (tertiary/aromatic N) is 1. The third kappa shape index (κ3) is 6.11. The largest absolute Gasteiger partial charge is 0.544 e. The van der Waals surface area contributed by atoms with Gasteiger partial charge in [-0.25, -0.2) is 0 Å². The van der Waals surface area contributed by atoms with Gasteiger partial charge in [0.1, 0.15) is 29.2 Å². The lowest BCUT2D eigenvalue weighted by molar-refractivity contribution is -0.160. The number of hydrogen-bond acceptors (Lipinski definition) is 7. The summed E-state index contributed by atoms with van der Waals surface area (Å²) in [5.41, 5.74) is 6.92. The molecule has 2 aliphatic rings. The normalized spacial score (nSPS) is 24.0. The fourth-order valence-corrected chi connectivity index (χ4v) is 7.75. The molecule has 8 nitrogen and oxygen atoms in total. The molecule has 1 aromatic rings. The van der Waals surface area contributed by atoms with E-state index < -0.39 is 45.4 Å². The Labute approximate surface area is 240 Å². The number of nitrogens with one attached hydrogen (secondary N) is 1. The van der Waals surface area contributed by atoms with Gasteiger partial charge < -0.3 is 24.8 Å². The molecule has 4 unspecified atom stereocenters. The molecule has 2 saturated heterocycles. The maximum Gasteiger partial charge on any atom is 0.317 e. The van der Waals surface area contributed by atoms with Gasteiger partial charge in [0.25, 0.3) is 8.32 Å². The van der Waals surface area contributed by atoms with Crippen LogP contribution in [0.15, 0.2) is 24.3 Å². The topological polar surface area (TPSA) is 111 Å². The van der Waals surface area contributed by atoms with Crippen molar-refractivity contribution in [2.24, 2.45) is 5.73 Å². The first-order valence-corrected chi connectivity index (χ1v) is 20.3. The zero-order chi connectivity index (χ0) is 29.9. The number of β-lactam (4-membered cyclic amide) rings is 1. The zero-order valence-electron chi connectivity index (χ0n) is 25.6. The number of benzene rings is 1. The minimum Gasteiger partial charge on any atom is -0.544 e. The Morgan fingerprint density at radius 3 is 2.00 bits per heavy atom. The second kappa shape index (κ2) is 10.2. The van der Waals surface area contributed by atoms with E-state index in [4.69, 9.17) is 14.6 Å². The molecule has 2 aliphatic heterocycles. The van der Waals surface area contributed by atoms with E-state index >= 15 is 0 Å². The lowest BCUT2D eigenvalue weighted by Gasteiger charge is -2.45. The molecular weight excluding hydrogens is 547 g/mol. The van der Waals surface area contributed by atoms with Gasteiger partial charge in [-0.05, 0) is 67.8 Å². The van der Waals surface area contributed by atoms with Crippen molar-refractivity contribution in [3.05, 3.63) is 29.8 Å². The van der Waals surface area contributed by atoms with Gasteiger partial charge in [-0.2, -0.15) is 0 Å². The number of nitrogens with two attached hydrogens (primary N) is 1. The molecule has 0 radical (unpaired) electrons. The number of thioether (sulfide) groups is 1. The SMILES string of the molecule is CC1(C)SC2C(NC(=O)C(N)c3ccc(O[Si](C)(C)C(C)(C)C)cc3)C(=O)N2C1C(=O)O[Si](C)(C)C(C)(C)C. The van der Waals surface area contributed by atoms with E-state index in [0.29, 0.717) is 5.56 Å². The molecule has 218 valence electrons. The number of hydrogen-bond donors (Lipinski definition) is 2. The van der Waals surface area contributed by atoms with Crippen LogP contribution in [0.4, 0.5) is 0 Å². The molecule has 0 aliphatic carbocycles. The Morgan fingerprint density at radius 2 is 1.51 bits per heavy atom. The Balaban J connectivity index is 1.67. The lowest BCUT2D eigenvalue weighted by atomic mass is 9.95. The van der Waals surface area contributed by atoms with Crippen LogP contribution in [0, 0.1) is 0 Å². The number of carbonyl (C=O) groups is 3. The highest BCUT2D eigenvalue weighted by Crippen LogP contribution is 2.51. The van der Waals surface area contributed by atoms with Crippen molar-refractivity contribution >= 4 is 46.2 Å². The third-order valence-corrected chi connectivity index (χ3v) is 19.1. The molecule has 0 saturated carbocycles. The van der Waals surface area contributed by atoms with Crippen LogP contribution in [-0.2, 0) is 18.8 Å². The molecule has 11 heteroatoms. The smallest absolute Gasteiger partial charge is 0.317 e. The maximum absolute atomic E-state index is 13.3.